The van der Waals surface area contributed by atoms with Crippen LogP contribution in [0.25, 0.3) is 0 Å². The average Bonchev–Trinajstić information content (AvgIpc) is 3.22. The minimum Gasteiger partial charge on any atom is -0.273 e. The first-order valence-electron chi connectivity index (χ1n) is 8.49. The van der Waals surface area contributed by atoms with Crippen LogP contribution in [0.3, 0.4) is 0 Å². The molecule has 29 heavy (non-hydrogen) atoms. The van der Waals surface area contributed by atoms with Crippen molar-refractivity contribution < 1.29 is 14.6 Å². The number of nitrogens with zero attached hydrogens (tertiary/aromatic N) is 3. The predicted molar refractivity (Wildman–Crippen MR) is 110 cm³/mol. The maximum Gasteiger partial charge on any atom is 0.347 e. The van der Waals surface area contributed by atoms with E-state index in [1.807, 2.05) is 12.1 Å². The summed E-state index contributed by atoms with van der Waals surface area (Å²) in [6.45, 7) is 0.0919. The van der Waals surface area contributed by atoms with Crippen LogP contribution in [0.5, 0.6) is 0 Å². The fraction of sp³-hybridized carbons (Fsp3) is 0.158. The lowest BCUT2D eigenvalue weighted by Crippen LogP contribution is -2.36. The number of amides is 2. The second kappa shape index (κ2) is 10.1. The third-order valence-corrected chi connectivity index (χ3v) is 5.29. The number of nitrogens with one attached hydrogen (secondary N) is 1. The van der Waals surface area contributed by atoms with E-state index in [2.05, 4.69) is 16.7 Å². The van der Waals surface area contributed by atoms with Crippen LogP contribution in [0.2, 0.25) is 5.02 Å². The molecular weight excluding hydrogens is 416 g/mol. The first kappa shape index (κ1) is 20.8. The van der Waals surface area contributed by atoms with Gasteiger partial charge in [0, 0.05) is 18.5 Å². The second-order valence-corrected chi connectivity index (χ2v) is 7.14. The number of urea groups is 1. The van der Waals surface area contributed by atoms with Gasteiger partial charge in [-0.1, -0.05) is 29.8 Å². The number of carbonyl (C=O) groups excluding carboxylic acids is 1. The van der Waals surface area contributed by atoms with Gasteiger partial charge in [0.05, 0.1) is 28.3 Å². The van der Waals surface area contributed by atoms with E-state index < -0.39 is 11.0 Å². The summed E-state index contributed by atoms with van der Waals surface area (Å²) in [7, 11) is 0. The summed E-state index contributed by atoms with van der Waals surface area (Å²) in [5.74, 6) is 0. The molecular formula is C19H16ClN4O4S. The summed E-state index contributed by atoms with van der Waals surface area (Å²) in [4.78, 5) is 33.4. The number of nitro benzene ring substituents is 1. The van der Waals surface area contributed by atoms with Gasteiger partial charge in [-0.2, -0.15) is 0 Å². The highest BCUT2D eigenvalue weighted by Gasteiger charge is 2.28. The molecule has 8 nitrogen and oxygen atoms in total. The molecule has 10 heteroatoms. The minimum absolute atomic E-state index is 0.0348. The number of hydroxylamine groups is 1. The number of pyridine rings is 1. The van der Waals surface area contributed by atoms with E-state index in [-0.39, 0.29) is 24.1 Å². The molecule has 1 atom stereocenters. The average molecular weight is 432 g/mol. The van der Waals surface area contributed by atoms with Crippen molar-refractivity contribution in [2.24, 2.45) is 0 Å². The molecule has 1 aromatic heterocycles. The molecule has 2 aromatic rings. The van der Waals surface area contributed by atoms with Crippen LogP contribution in [0.4, 0.5) is 10.5 Å². The monoisotopic (exact) mass is 431 g/mol. The van der Waals surface area contributed by atoms with Gasteiger partial charge < -0.3 is 0 Å². The lowest BCUT2D eigenvalue weighted by atomic mass is 10.1. The highest BCUT2D eigenvalue weighted by molar-refractivity contribution is 8.02. The molecule has 149 valence electrons. The number of carbonyl (C=O) groups is 1. The van der Waals surface area contributed by atoms with Gasteiger partial charge in [-0.3, -0.25) is 24.8 Å². The van der Waals surface area contributed by atoms with Crippen LogP contribution >= 0.6 is 23.4 Å². The summed E-state index contributed by atoms with van der Waals surface area (Å²) in [5.41, 5.74) is 3.66. The van der Waals surface area contributed by atoms with Gasteiger partial charge in [-0.25, -0.2) is 10.3 Å². The van der Waals surface area contributed by atoms with Crippen LogP contribution in [-0.2, 0) is 11.3 Å². The topological polar surface area (TPSA) is 97.6 Å². The van der Waals surface area contributed by atoms with Crippen molar-refractivity contribution >= 4 is 35.1 Å². The third-order valence-electron chi connectivity index (χ3n) is 3.95. The maximum absolute atomic E-state index is 12.3. The summed E-state index contributed by atoms with van der Waals surface area (Å²) >= 11 is 7.49. The van der Waals surface area contributed by atoms with Crippen molar-refractivity contribution in [3.05, 3.63) is 92.7 Å². The molecule has 1 aliphatic rings. The van der Waals surface area contributed by atoms with Gasteiger partial charge in [0.1, 0.15) is 5.37 Å². The molecule has 3 rings (SSSR count). The highest BCUT2D eigenvalue weighted by atomic mass is 35.5. The van der Waals surface area contributed by atoms with E-state index in [0.717, 1.165) is 5.56 Å². The second-order valence-electron chi connectivity index (χ2n) is 5.77. The zero-order valence-corrected chi connectivity index (χ0v) is 16.6. The lowest BCUT2D eigenvalue weighted by molar-refractivity contribution is -0.385. The van der Waals surface area contributed by atoms with Gasteiger partial charge >= 0.3 is 6.03 Å². The van der Waals surface area contributed by atoms with Gasteiger partial charge in [-0.05, 0) is 35.6 Å². The van der Waals surface area contributed by atoms with Crippen LogP contribution in [0.15, 0.2) is 60.3 Å². The Bertz CT molecular complexity index is 939. The fourth-order valence-electron chi connectivity index (χ4n) is 2.59. The van der Waals surface area contributed by atoms with Gasteiger partial charge in [0.2, 0.25) is 0 Å². The zero-order valence-electron chi connectivity index (χ0n) is 15.0. The predicted octanol–water partition coefficient (Wildman–Crippen LogP) is 4.41. The van der Waals surface area contributed by atoms with E-state index in [0.29, 0.717) is 10.6 Å². The first-order valence-corrected chi connectivity index (χ1v) is 9.81. The molecule has 1 aliphatic heterocycles. The Balaban J connectivity index is 1.48. The standard InChI is InChI=1S/C19H16ClN4O4S/c20-16-5-3-6-17(24(26)27)15(16)4-1-2-12-28-22-19(25)23-11-13-29-18(23)14-7-9-21-10-8-14/h1-3,5-10,13,18H,4,12H2,(H,22,25). The highest BCUT2D eigenvalue weighted by Crippen LogP contribution is 2.37. The number of halogens is 1. The Labute approximate surface area is 176 Å². The number of rotatable bonds is 7. The van der Waals surface area contributed by atoms with Crippen LogP contribution in [-0.4, -0.2) is 27.4 Å². The Morgan fingerprint density at radius 1 is 1.38 bits per heavy atom. The normalized spacial score (nSPS) is 15.8. The van der Waals surface area contributed by atoms with Gasteiger partial charge in [0.25, 0.3) is 5.69 Å². The van der Waals surface area contributed by atoms with Crippen molar-refractivity contribution in [2.75, 3.05) is 6.61 Å². The molecule has 1 N–H and O–H groups in total. The molecule has 0 bridgehead atoms. The smallest absolute Gasteiger partial charge is 0.273 e. The largest absolute Gasteiger partial charge is 0.347 e. The first-order chi connectivity index (χ1) is 14.1. The SMILES string of the molecule is O=C(NOCC=CCc1c(Cl)cccc1[N+](=O)[O-])N1[C]=CSC1c1ccncc1. The van der Waals surface area contributed by atoms with Crippen LogP contribution in [0.1, 0.15) is 16.5 Å². The molecule has 0 saturated heterocycles. The molecule has 1 unspecified atom stereocenters. The van der Waals surface area contributed by atoms with E-state index in [1.54, 1.807) is 36.0 Å². The molecule has 2 amide bonds. The van der Waals surface area contributed by atoms with E-state index in [4.69, 9.17) is 16.4 Å². The molecule has 1 aromatic carbocycles. The molecule has 0 saturated carbocycles. The van der Waals surface area contributed by atoms with Crippen LogP contribution in [0, 0.1) is 16.3 Å². The van der Waals surface area contributed by atoms with E-state index in [9.17, 15) is 14.9 Å². The van der Waals surface area contributed by atoms with Gasteiger partial charge in [-0.15, -0.1) is 11.8 Å². The molecule has 0 aliphatic carbocycles. The summed E-state index contributed by atoms with van der Waals surface area (Å²) in [6, 6.07) is 7.75. The fourth-order valence-corrected chi connectivity index (χ4v) is 3.73. The third kappa shape index (κ3) is 5.35. The number of nitro groups is 1. The Morgan fingerprint density at radius 3 is 2.93 bits per heavy atom. The number of allylic oxidation sites excluding steroid dienone is 1. The minimum atomic E-state index is -0.469. The Morgan fingerprint density at radius 2 is 2.17 bits per heavy atom. The zero-order chi connectivity index (χ0) is 20.6. The molecule has 2 heterocycles. The van der Waals surface area contributed by atoms with Gasteiger partial charge in [0.15, 0.2) is 0 Å². The maximum atomic E-state index is 12.3. The number of hydrogen-bond acceptors (Lipinski definition) is 6. The Hall–Kier alpha value is -2.88. The van der Waals surface area contributed by atoms with E-state index in [1.165, 1.54) is 28.8 Å². The van der Waals surface area contributed by atoms with Crippen molar-refractivity contribution in [1.82, 2.24) is 15.4 Å². The van der Waals surface area contributed by atoms with Crippen LogP contribution < -0.4 is 5.48 Å². The lowest BCUT2D eigenvalue weighted by Gasteiger charge is -2.22. The van der Waals surface area contributed by atoms with Crippen molar-refractivity contribution in [3.8, 4) is 0 Å². The van der Waals surface area contributed by atoms with Crippen molar-refractivity contribution in [2.45, 2.75) is 11.8 Å². The van der Waals surface area contributed by atoms with Crippen molar-refractivity contribution in [1.29, 1.82) is 0 Å². The molecule has 1 radical (unpaired) electrons. The van der Waals surface area contributed by atoms with E-state index >= 15 is 0 Å². The summed E-state index contributed by atoms with van der Waals surface area (Å²) < 4.78 is 0. The number of hydrogen-bond donors (Lipinski definition) is 1. The molecule has 0 spiro atoms. The Kier molecular flexibility index (Phi) is 7.23. The number of thioether (sulfide) groups is 1. The van der Waals surface area contributed by atoms with Crippen molar-refractivity contribution in [3.63, 3.8) is 0 Å². The quantitative estimate of drug-likeness (QED) is 0.302. The molecule has 0 fully saturated rings. The number of benzene rings is 1. The summed E-state index contributed by atoms with van der Waals surface area (Å²) in [6.07, 6.45) is 9.80. The number of aromatic nitrogens is 1. The summed E-state index contributed by atoms with van der Waals surface area (Å²) in [5, 5.41) is 12.9.